The highest BCUT2D eigenvalue weighted by molar-refractivity contribution is 5.90. The number of nitrogens with one attached hydrogen (secondary N) is 2. The van der Waals surface area contributed by atoms with Gasteiger partial charge in [-0.3, -0.25) is 14.4 Å². The molecule has 0 spiro atoms. The second-order valence-electron chi connectivity index (χ2n) is 6.32. The predicted octanol–water partition coefficient (Wildman–Crippen LogP) is 0.730. The number of methoxy groups -OCH3 is 2. The zero-order chi connectivity index (χ0) is 21.3. The van der Waals surface area contributed by atoms with Crippen molar-refractivity contribution in [1.29, 1.82) is 0 Å². The van der Waals surface area contributed by atoms with E-state index in [4.69, 9.17) is 4.74 Å². The maximum Gasteiger partial charge on any atom is 0.328 e. The number of esters is 2. The Balaban J connectivity index is 3.00. The van der Waals surface area contributed by atoms with Crippen molar-refractivity contribution in [2.75, 3.05) is 14.2 Å². The van der Waals surface area contributed by atoms with Gasteiger partial charge in [-0.2, -0.15) is 0 Å². The van der Waals surface area contributed by atoms with Crippen molar-refractivity contribution < 1.29 is 33.0 Å². The fourth-order valence-corrected chi connectivity index (χ4v) is 2.62. The molecule has 0 aliphatic heterocycles. The standard InChI is InChI=1S/C19H25FN2O6/c1-11(9-16(24)27-3)17(19(26)28-4)22-18(25)15(21-12(2)23)10-13-7-5-6-8-14(13)20/h5-8,11,15,17H,9-10H2,1-4H3,(H,21,23)(H,22,25)/t11-,15+,17+/m0/s1. The van der Waals surface area contributed by atoms with E-state index in [0.717, 1.165) is 7.11 Å². The van der Waals surface area contributed by atoms with Gasteiger partial charge in [-0.1, -0.05) is 25.1 Å². The van der Waals surface area contributed by atoms with Gasteiger partial charge in [0.2, 0.25) is 11.8 Å². The summed E-state index contributed by atoms with van der Waals surface area (Å²) in [6.07, 6.45) is -0.244. The molecule has 2 amide bonds. The second-order valence-corrected chi connectivity index (χ2v) is 6.32. The van der Waals surface area contributed by atoms with Crippen LogP contribution in [0.5, 0.6) is 0 Å². The molecule has 2 N–H and O–H groups in total. The van der Waals surface area contributed by atoms with Gasteiger partial charge in [-0.15, -0.1) is 0 Å². The van der Waals surface area contributed by atoms with Gasteiger partial charge in [0.05, 0.1) is 20.6 Å². The van der Waals surface area contributed by atoms with Crippen LogP contribution in [-0.4, -0.2) is 50.1 Å². The molecule has 0 aromatic heterocycles. The lowest BCUT2D eigenvalue weighted by Crippen LogP contribution is -2.54. The predicted molar refractivity (Wildman–Crippen MR) is 97.5 cm³/mol. The minimum absolute atomic E-state index is 0.114. The molecule has 154 valence electrons. The van der Waals surface area contributed by atoms with Gasteiger partial charge in [0.25, 0.3) is 0 Å². The summed E-state index contributed by atoms with van der Waals surface area (Å²) in [6.45, 7) is 2.79. The third-order valence-corrected chi connectivity index (χ3v) is 4.11. The number of hydrogen-bond acceptors (Lipinski definition) is 6. The number of carbonyl (C=O) groups is 4. The maximum atomic E-state index is 13.9. The molecule has 0 unspecified atom stereocenters. The molecule has 1 rings (SSSR count). The molecule has 1 aromatic rings. The Labute approximate surface area is 162 Å². The summed E-state index contributed by atoms with van der Waals surface area (Å²) >= 11 is 0. The smallest absolute Gasteiger partial charge is 0.328 e. The van der Waals surface area contributed by atoms with Crippen molar-refractivity contribution in [3.8, 4) is 0 Å². The molecule has 0 radical (unpaired) electrons. The molecule has 3 atom stereocenters. The Hall–Kier alpha value is -2.97. The van der Waals surface area contributed by atoms with E-state index >= 15 is 0 Å². The minimum Gasteiger partial charge on any atom is -0.469 e. The second kappa shape index (κ2) is 11.0. The van der Waals surface area contributed by atoms with E-state index in [-0.39, 0.29) is 18.4 Å². The van der Waals surface area contributed by atoms with Crippen molar-refractivity contribution in [3.05, 3.63) is 35.6 Å². The van der Waals surface area contributed by atoms with Crippen molar-refractivity contribution in [1.82, 2.24) is 10.6 Å². The van der Waals surface area contributed by atoms with E-state index < -0.39 is 47.6 Å². The van der Waals surface area contributed by atoms with Crippen molar-refractivity contribution in [2.24, 2.45) is 5.92 Å². The number of hydrogen-bond donors (Lipinski definition) is 2. The normalized spacial score (nSPS) is 13.6. The molecule has 0 saturated carbocycles. The molecule has 1 aromatic carbocycles. The van der Waals surface area contributed by atoms with E-state index in [2.05, 4.69) is 15.4 Å². The fourth-order valence-electron chi connectivity index (χ4n) is 2.62. The summed E-state index contributed by atoms with van der Waals surface area (Å²) in [5, 5.41) is 4.93. The highest BCUT2D eigenvalue weighted by atomic mass is 19.1. The number of amides is 2. The topological polar surface area (TPSA) is 111 Å². The molecule has 9 heteroatoms. The summed E-state index contributed by atoms with van der Waals surface area (Å²) in [7, 11) is 2.36. The fraction of sp³-hybridized carbons (Fsp3) is 0.474. The van der Waals surface area contributed by atoms with E-state index in [0.29, 0.717) is 0 Å². The number of benzene rings is 1. The molecule has 8 nitrogen and oxygen atoms in total. The maximum absolute atomic E-state index is 13.9. The van der Waals surface area contributed by atoms with Gasteiger partial charge >= 0.3 is 11.9 Å². The van der Waals surface area contributed by atoms with Crippen LogP contribution in [0.15, 0.2) is 24.3 Å². The summed E-state index contributed by atoms with van der Waals surface area (Å²) < 4.78 is 23.2. The average molecular weight is 396 g/mol. The van der Waals surface area contributed by atoms with E-state index in [1.54, 1.807) is 13.0 Å². The van der Waals surface area contributed by atoms with Crippen LogP contribution in [0, 0.1) is 11.7 Å². The lowest BCUT2D eigenvalue weighted by Gasteiger charge is -2.25. The highest BCUT2D eigenvalue weighted by Gasteiger charge is 2.32. The van der Waals surface area contributed by atoms with Crippen molar-refractivity contribution >= 4 is 23.8 Å². The van der Waals surface area contributed by atoms with Crippen molar-refractivity contribution in [2.45, 2.75) is 38.8 Å². The van der Waals surface area contributed by atoms with Crippen LogP contribution in [0.1, 0.15) is 25.8 Å². The number of carbonyl (C=O) groups excluding carboxylic acids is 4. The van der Waals surface area contributed by atoms with E-state index in [9.17, 15) is 23.6 Å². The monoisotopic (exact) mass is 396 g/mol. The molecule has 0 aliphatic rings. The summed E-state index contributed by atoms with van der Waals surface area (Å²) in [4.78, 5) is 47.8. The largest absolute Gasteiger partial charge is 0.469 e. The Kier molecular flexibility index (Phi) is 9.07. The molecular weight excluding hydrogens is 371 g/mol. The molecular formula is C19H25FN2O6. The molecule has 0 aliphatic carbocycles. The zero-order valence-electron chi connectivity index (χ0n) is 16.3. The van der Waals surface area contributed by atoms with Crippen LogP contribution in [0.3, 0.4) is 0 Å². The average Bonchev–Trinajstić information content (AvgIpc) is 2.65. The first-order valence-electron chi connectivity index (χ1n) is 8.65. The van der Waals surface area contributed by atoms with Crippen LogP contribution in [-0.2, 0) is 35.1 Å². The third kappa shape index (κ3) is 6.98. The Morgan fingerprint density at radius 1 is 1.07 bits per heavy atom. The first-order valence-corrected chi connectivity index (χ1v) is 8.65. The Bertz CT molecular complexity index is 724. The van der Waals surface area contributed by atoms with Crippen LogP contribution >= 0.6 is 0 Å². The summed E-state index contributed by atoms with van der Waals surface area (Å²) in [5.74, 6) is -3.65. The molecule has 0 fully saturated rings. The number of ether oxygens (including phenoxy) is 2. The minimum atomic E-state index is -1.14. The SMILES string of the molecule is COC(=O)C[C@H](C)[C@@H](NC(=O)[C@@H](Cc1ccccc1F)NC(C)=O)C(=O)OC. The van der Waals surface area contributed by atoms with Gasteiger partial charge in [-0.05, 0) is 17.5 Å². The van der Waals surface area contributed by atoms with Gasteiger partial charge in [0, 0.05) is 13.3 Å². The van der Waals surface area contributed by atoms with Crippen LogP contribution < -0.4 is 10.6 Å². The van der Waals surface area contributed by atoms with Gasteiger partial charge < -0.3 is 20.1 Å². The Morgan fingerprint density at radius 2 is 1.71 bits per heavy atom. The van der Waals surface area contributed by atoms with Crippen LogP contribution in [0.25, 0.3) is 0 Å². The first kappa shape index (κ1) is 23.1. The lowest BCUT2D eigenvalue weighted by molar-refractivity contribution is -0.148. The highest BCUT2D eigenvalue weighted by Crippen LogP contribution is 2.13. The van der Waals surface area contributed by atoms with Gasteiger partial charge in [-0.25, -0.2) is 9.18 Å². The molecule has 0 saturated heterocycles. The Morgan fingerprint density at radius 3 is 2.25 bits per heavy atom. The first-order chi connectivity index (χ1) is 13.2. The summed E-state index contributed by atoms with van der Waals surface area (Å²) in [5.41, 5.74) is 0.230. The summed E-state index contributed by atoms with van der Waals surface area (Å²) in [6, 6.07) is 3.59. The van der Waals surface area contributed by atoms with Crippen LogP contribution in [0.2, 0.25) is 0 Å². The quantitative estimate of drug-likeness (QED) is 0.596. The number of halogens is 1. The molecule has 0 bridgehead atoms. The zero-order valence-corrected chi connectivity index (χ0v) is 16.3. The third-order valence-electron chi connectivity index (χ3n) is 4.11. The van der Waals surface area contributed by atoms with E-state index in [1.807, 2.05) is 0 Å². The number of rotatable bonds is 9. The van der Waals surface area contributed by atoms with Gasteiger partial charge in [0.1, 0.15) is 17.9 Å². The van der Waals surface area contributed by atoms with Gasteiger partial charge in [0.15, 0.2) is 0 Å². The lowest BCUT2D eigenvalue weighted by atomic mass is 9.97. The van der Waals surface area contributed by atoms with E-state index in [1.165, 1.54) is 32.2 Å². The molecule has 0 heterocycles. The molecule has 28 heavy (non-hydrogen) atoms. The van der Waals surface area contributed by atoms with Crippen molar-refractivity contribution in [3.63, 3.8) is 0 Å². The van der Waals surface area contributed by atoms with Crippen LogP contribution in [0.4, 0.5) is 4.39 Å².